The molecule has 7 heteroatoms. The van der Waals surface area contributed by atoms with E-state index >= 15 is 0 Å². The summed E-state index contributed by atoms with van der Waals surface area (Å²) < 4.78 is 5.45. The number of likely N-dealkylation sites (N-methyl/N-ethyl adjacent to an activating group) is 1. The van der Waals surface area contributed by atoms with Gasteiger partial charge in [0, 0.05) is 12.0 Å². The van der Waals surface area contributed by atoms with E-state index in [0.717, 1.165) is 30.1 Å². The quantitative estimate of drug-likeness (QED) is 0.665. The Balaban J connectivity index is 1.69. The van der Waals surface area contributed by atoms with Gasteiger partial charge in [-0.05, 0) is 18.6 Å². The van der Waals surface area contributed by atoms with Crippen molar-refractivity contribution in [3.8, 4) is 11.5 Å². The van der Waals surface area contributed by atoms with Gasteiger partial charge < -0.3 is 25.4 Å². The zero-order valence-electron chi connectivity index (χ0n) is 14.3. The van der Waals surface area contributed by atoms with E-state index in [1.807, 2.05) is 13.0 Å². The predicted octanol–water partition coefficient (Wildman–Crippen LogP) is 1.28. The second-order valence-corrected chi connectivity index (χ2v) is 7.62. The molecule has 1 aromatic carbocycles. The van der Waals surface area contributed by atoms with Gasteiger partial charge in [0.25, 0.3) is 5.91 Å². The molecule has 0 fully saturated rings. The minimum Gasteiger partial charge on any atom is -0.504 e. The second kappa shape index (κ2) is 6.24. The highest BCUT2D eigenvalue weighted by atomic mass is 32.1. The largest absolute Gasteiger partial charge is 0.504 e. The number of thiophene rings is 1. The molecule has 4 N–H and O–H groups in total. The average molecular weight is 360 g/mol. The summed E-state index contributed by atoms with van der Waals surface area (Å²) in [6.45, 7) is 4.34. The number of hydrogen-bond donors (Lipinski definition) is 4. The third kappa shape index (κ3) is 2.73. The van der Waals surface area contributed by atoms with Gasteiger partial charge in [0.1, 0.15) is 17.7 Å². The molecule has 25 heavy (non-hydrogen) atoms. The lowest BCUT2D eigenvalue weighted by molar-refractivity contribution is -0.895. The minimum absolute atomic E-state index is 0.0658. The van der Waals surface area contributed by atoms with Crippen molar-refractivity contribution in [1.82, 2.24) is 5.32 Å². The van der Waals surface area contributed by atoms with E-state index in [-0.39, 0.29) is 11.7 Å². The van der Waals surface area contributed by atoms with Crippen molar-refractivity contribution >= 4 is 22.2 Å². The number of aromatic hydroxyl groups is 1. The first-order valence-corrected chi connectivity index (χ1v) is 9.38. The lowest BCUT2D eigenvalue weighted by atomic mass is 10.0. The van der Waals surface area contributed by atoms with Crippen LogP contribution in [0.15, 0.2) is 18.2 Å². The highest BCUT2D eigenvalue weighted by Crippen LogP contribution is 2.41. The van der Waals surface area contributed by atoms with E-state index in [4.69, 9.17) is 4.74 Å². The van der Waals surface area contributed by atoms with Crippen LogP contribution in [-0.2, 0) is 13.0 Å². The van der Waals surface area contributed by atoms with Crippen molar-refractivity contribution in [2.45, 2.75) is 26.1 Å². The number of carbonyl (C=O) groups excluding carboxylic acids is 1. The first kappa shape index (κ1) is 16.2. The van der Waals surface area contributed by atoms with Gasteiger partial charge in [-0.1, -0.05) is 12.1 Å². The van der Waals surface area contributed by atoms with Gasteiger partial charge >= 0.3 is 0 Å². The lowest BCUT2D eigenvalue weighted by Crippen LogP contribution is -3.08. The van der Waals surface area contributed by atoms with E-state index < -0.39 is 6.17 Å². The molecule has 132 valence electrons. The van der Waals surface area contributed by atoms with Gasteiger partial charge in [-0.2, -0.15) is 0 Å². The normalized spacial score (nSPS) is 21.8. The average Bonchev–Trinajstić information content (AvgIpc) is 2.94. The van der Waals surface area contributed by atoms with Crippen LogP contribution in [0.1, 0.15) is 39.5 Å². The van der Waals surface area contributed by atoms with E-state index in [9.17, 15) is 9.90 Å². The maximum Gasteiger partial charge on any atom is 0.256 e. The van der Waals surface area contributed by atoms with E-state index in [1.165, 1.54) is 15.3 Å². The summed E-state index contributed by atoms with van der Waals surface area (Å²) in [5, 5.41) is 17.8. The molecule has 2 atom stereocenters. The van der Waals surface area contributed by atoms with Crippen molar-refractivity contribution in [2.24, 2.45) is 0 Å². The van der Waals surface area contributed by atoms with Crippen LogP contribution in [0.4, 0.5) is 5.00 Å². The van der Waals surface area contributed by atoms with Crippen LogP contribution in [0.3, 0.4) is 0 Å². The van der Waals surface area contributed by atoms with Crippen LogP contribution in [0.2, 0.25) is 0 Å². The number of amides is 1. The van der Waals surface area contributed by atoms with Crippen molar-refractivity contribution in [2.75, 3.05) is 25.5 Å². The highest BCUT2D eigenvalue weighted by molar-refractivity contribution is 7.16. The first-order chi connectivity index (χ1) is 12.1. The minimum atomic E-state index is -0.467. The fraction of sp³-hybridized carbons (Fsp3) is 0.389. The number of phenols is 1. The fourth-order valence-electron chi connectivity index (χ4n) is 3.53. The number of carbonyl (C=O) groups is 1. The van der Waals surface area contributed by atoms with Crippen LogP contribution >= 0.6 is 11.3 Å². The van der Waals surface area contributed by atoms with Gasteiger partial charge in [0.05, 0.1) is 30.6 Å². The molecule has 0 bridgehead atoms. The third-order valence-corrected chi connectivity index (χ3v) is 5.94. The number of ether oxygens (including phenoxy) is 1. The molecule has 4 rings (SSSR count). The van der Waals surface area contributed by atoms with Crippen molar-refractivity contribution in [3.63, 3.8) is 0 Å². The Hall–Kier alpha value is -2.25. The number of hydrogen-bond acceptors (Lipinski definition) is 5. The molecule has 2 aromatic rings. The predicted molar refractivity (Wildman–Crippen MR) is 96.6 cm³/mol. The molecule has 0 radical (unpaired) electrons. The molecule has 6 nitrogen and oxygen atoms in total. The number of quaternary nitrogens is 1. The summed E-state index contributed by atoms with van der Waals surface area (Å²) in [5.74, 6) is 0.422. The van der Waals surface area contributed by atoms with Gasteiger partial charge in [-0.25, -0.2) is 0 Å². The summed E-state index contributed by atoms with van der Waals surface area (Å²) >= 11 is 1.66. The van der Waals surface area contributed by atoms with Crippen LogP contribution in [-0.4, -0.2) is 31.2 Å². The molecular formula is C18H22N3O3S+. The molecule has 0 saturated heterocycles. The third-order valence-electron chi connectivity index (χ3n) is 4.77. The molecule has 1 unspecified atom stereocenters. The number of anilines is 1. The summed E-state index contributed by atoms with van der Waals surface area (Å²) in [7, 11) is 2.18. The molecule has 2 aliphatic rings. The Morgan fingerprint density at radius 1 is 1.40 bits per heavy atom. The van der Waals surface area contributed by atoms with Crippen LogP contribution in [0, 0.1) is 0 Å². The number of phenolic OH excluding ortho intramolecular Hbond substituents is 1. The summed E-state index contributed by atoms with van der Waals surface area (Å²) in [5.41, 5.74) is 2.57. The van der Waals surface area contributed by atoms with Crippen molar-refractivity contribution in [3.05, 3.63) is 39.8 Å². The van der Waals surface area contributed by atoms with Crippen molar-refractivity contribution in [1.29, 1.82) is 0 Å². The number of para-hydroxylation sites is 1. The summed E-state index contributed by atoms with van der Waals surface area (Å²) in [6, 6.07) is 5.34. The van der Waals surface area contributed by atoms with Gasteiger partial charge in [-0.15, -0.1) is 11.3 Å². The SMILES string of the molecule is CCOc1cccc([C@H]2NC(=O)c3c(sc4c3CC[NH+](C)C4)N2)c1O. The standard InChI is InChI=1S/C18H21N3O3S/c1-3-24-12-6-4-5-11(15(12)22)16-19-17(23)14-10-7-8-21(2)9-13(10)25-18(14)20-16/h4-6,16,20,22H,3,7-9H2,1-2H3,(H,19,23)/p+1/t16-/m0/s1. The summed E-state index contributed by atoms with van der Waals surface area (Å²) in [4.78, 5) is 15.5. The molecule has 2 aliphatic heterocycles. The summed E-state index contributed by atoms with van der Waals surface area (Å²) in [6.07, 6.45) is 0.461. The molecule has 0 saturated carbocycles. The Labute approximate surface area is 150 Å². The Kier molecular flexibility index (Phi) is 4.05. The molecule has 1 amide bonds. The number of nitrogens with one attached hydrogen (secondary N) is 3. The zero-order valence-corrected chi connectivity index (χ0v) is 15.1. The zero-order chi connectivity index (χ0) is 17.6. The Bertz CT molecular complexity index is 833. The van der Waals surface area contributed by atoms with E-state index in [2.05, 4.69) is 17.7 Å². The lowest BCUT2D eigenvalue weighted by Gasteiger charge is -2.27. The van der Waals surface area contributed by atoms with Crippen LogP contribution < -0.4 is 20.3 Å². The topological polar surface area (TPSA) is 75.0 Å². The molecule has 0 aliphatic carbocycles. The van der Waals surface area contributed by atoms with Crippen LogP contribution in [0.25, 0.3) is 0 Å². The van der Waals surface area contributed by atoms with E-state index in [0.29, 0.717) is 17.9 Å². The molecule has 0 spiro atoms. The number of benzene rings is 1. The molecule has 3 heterocycles. The highest BCUT2D eigenvalue weighted by Gasteiger charge is 2.34. The number of rotatable bonds is 3. The van der Waals surface area contributed by atoms with Gasteiger partial charge in [0.15, 0.2) is 11.5 Å². The Morgan fingerprint density at radius 3 is 3.04 bits per heavy atom. The van der Waals surface area contributed by atoms with Gasteiger partial charge in [-0.3, -0.25) is 4.79 Å². The number of fused-ring (bicyclic) bond motifs is 3. The second-order valence-electron chi connectivity index (χ2n) is 6.52. The Morgan fingerprint density at radius 2 is 2.24 bits per heavy atom. The van der Waals surface area contributed by atoms with Crippen molar-refractivity contribution < 1.29 is 19.5 Å². The maximum atomic E-state index is 12.7. The van der Waals surface area contributed by atoms with E-state index in [1.54, 1.807) is 23.5 Å². The first-order valence-electron chi connectivity index (χ1n) is 8.56. The monoisotopic (exact) mass is 360 g/mol. The fourth-order valence-corrected chi connectivity index (χ4v) is 4.92. The maximum absolute atomic E-state index is 12.7. The molecular weight excluding hydrogens is 338 g/mol. The molecule has 1 aromatic heterocycles. The van der Waals surface area contributed by atoms with Crippen LogP contribution in [0.5, 0.6) is 11.5 Å². The smallest absolute Gasteiger partial charge is 0.256 e. The van der Waals surface area contributed by atoms with Gasteiger partial charge in [0.2, 0.25) is 0 Å².